The molecule has 0 radical (unpaired) electrons. The molecule has 20 heavy (non-hydrogen) atoms. The van der Waals surface area contributed by atoms with Crippen LogP contribution in [0.4, 0.5) is 0 Å². The number of aromatic nitrogens is 2. The fourth-order valence-corrected chi connectivity index (χ4v) is 2.13. The fourth-order valence-electron chi connectivity index (χ4n) is 2.13. The van der Waals surface area contributed by atoms with Gasteiger partial charge in [0.1, 0.15) is 12.4 Å². The maximum Gasteiger partial charge on any atom is 0.231 e. The van der Waals surface area contributed by atoms with E-state index in [1.165, 1.54) is 0 Å². The number of nitrogens with zero attached hydrogens (tertiary/aromatic N) is 2. The molecule has 1 aromatic heterocycles. The second-order valence-corrected chi connectivity index (χ2v) is 4.47. The molecule has 0 bridgehead atoms. The Bertz CT molecular complexity index is 569. The molecule has 6 nitrogen and oxygen atoms in total. The normalized spacial score (nSPS) is 12.7. The van der Waals surface area contributed by atoms with Gasteiger partial charge in [-0.1, -0.05) is 0 Å². The summed E-state index contributed by atoms with van der Waals surface area (Å²) < 4.78 is 18.4. The minimum atomic E-state index is 0.258. The van der Waals surface area contributed by atoms with E-state index in [2.05, 4.69) is 5.10 Å². The predicted octanol–water partition coefficient (Wildman–Crippen LogP) is 1.19. The van der Waals surface area contributed by atoms with Crippen molar-refractivity contribution >= 4 is 0 Å². The Balaban J connectivity index is 1.70. The second kappa shape index (κ2) is 5.83. The molecule has 6 heteroatoms. The number of ether oxygens (including phenoxy) is 3. The van der Waals surface area contributed by atoms with Crippen molar-refractivity contribution in [2.75, 3.05) is 19.9 Å². The van der Waals surface area contributed by atoms with E-state index in [-0.39, 0.29) is 6.79 Å². The summed E-state index contributed by atoms with van der Waals surface area (Å²) in [5.74, 6) is 2.28. The molecule has 0 unspecified atom stereocenters. The summed E-state index contributed by atoms with van der Waals surface area (Å²) in [6.45, 7) is 2.06. The van der Waals surface area contributed by atoms with Gasteiger partial charge in [0.2, 0.25) is 6.79 Å². The Morgan fingerprint density at radius 1 is 1.30 bits per heavy atom. The first-order chi connectivity index (χ1) is 9.86. The molecule has 0 saturated heterocycles. The van der Waals surface area contributed by atoms with E-state index in [4.69, 9.17) is 19.9 Å². The molecule has 3 rings (SSSR count). The van der Waals surface area contributed by atoms with Gasteiger partial charge in [0, 0.05) is 18.5 Å². The maximum atomic E-state index is 5.84. The summed E-state index contributed by atoms with van der Waals surface area (Å²) in [5.41, 5.74) is 6.68. The van der Waals surface area contributed by atoms with Crippen molar-refractivity contribution in [1.82, 2.24) is 9.78 Å². The van der Waals surface area contributed by atoms with E-state index < -0.39 is 0 Å². The average molecular weight is 275 g/mol. The molecular formula is C14H17N3O3. The predicted molar refractivity (Wildman–Crippen MR) is 73.0 cm³/mol. The molecule has 0 saturated carbocycles. The van der Waals surface area contributed by atoms with Crippen molar-refractivity contribution in [1.29, 1.82) is 0 Å². The van der Waals surface area contributed by atoms with Crippen LogP contribution in [0.1, 0.15) is 5.56 Å². The van der Waals surface area contributed by atoms with E-state index in [1.807, 2.05) is 29.1 Å². The number of nitrogens with two attached hydrogens (primary N) is 1. The second-order valence-electron chi connectivity index (χ2n) is 4.47. The largest absolute Gasteiger partial charge is 0.491 e. The molecule has 0 spiro atoms. The highest BCUT2D eigenvalue weighted by Crippen LogP contribution is 2.38. The maximum absolute atomic E-state index is 5.84. The average Bonchev–Trinajstić information content (AvgIpc) is 3.10. The van der Waals surface area contributed by atoms with Crippen LogP contribution in [-0.2, 0) is 13.0 Å². The first kappa shape index (κ1) is 12.8. The van der Waals surface area contributed by atoms with Crippen molar-refractivity contribution in [3.05, 3.63) is 36.2 Å². The summed E-state index contributed by atoms with van der Waals surface area (Å²) in [6.07, 6.45) is 4.40. The van der Waals surface area contributed by atoms with Gasteiger partial charge in [-0.2, -0.15) is 5.10 Å². The molecule has 0 atom stereocenters. The van der Waals surface area contributed by atoms with E-state index in [9.17, 15) is 0 Å². The molecule has 2 heterocycles. The third kappa shape index (κ3) is 2.70. The summed E-state index contributed by atoms with van der Waals surface area (Å²) in [4.78, 5) is 0. The van der Waals surface area contributed by atoms with Crippen LogP contribution in [0, 0.1) is 0 Å². The van der Waals surface area contributed by atoms with E-state index in [0.29, 0.717) is 19.7 Å². The summed E-state index contributed by atoms with van der Waals surface area (Å²) >= 11 is 0. The third-order valence-electron chi connectivity index (χ3n) is 3.11. The minimum absolute atomic E-state index is 0.258. The van der Waals surface area contributed by atoms with E-state index >= 15 is 0 Å². The molecule has 0 amide bonds. The zero-order valence-corrected chi connectivity index (χ0v) is 11.1. The van der Waals surface area contributed by atoms with Gasteiger partial charge in [-0.3, -0.25) is 4.68 Å². The first-order valence-corrected chi connectivity index (χ1v) is 6.59. The Morgan fingerprint density at radius 3 is 2.90 bits per heavy atom. The minimum Gasteiger partial charge on any atom is -0.491 e. The lowest BCUT2D eigenvalue weighted by Crippen LogP contribution is -2.10. The summed E-state index contributed by atoms with van der Waals surface area (Å²) in [5, 5.41) is 4.14. The molecule has 0 aliphatic carbocycles. The van der Waals surface area contributed by atoms with Gasteiger partial charge in [0.15, 0.2) is 11.5 Å². The zero-order chi connectivity index (χ0) is 13.8. The molecule has 2 aromatic rings. The van der Waals surface area contributed by atoms with Crippen LogP contribution in [0.5, 0.6) is 17.2 Å². The van der Waals surface area contributed by atoms with Gasteiger partial charge < -0.3 is 19.9 Å². The number of hydrogen-bond donors (Lipinski definition) is 1. The van der Waals surface area contributed by atoms with Crippen LogP contribution in [0.2, 0.25) is 0 Å². The third-order valence-corrected chi connectivity index (χ3v) is 3.11. The highest BCUT2D eigenvalue weighted by molar-refractivity contribution is 5.52. The van der Waals surface area contributed by atoms with Crippen molar-refractivity contribution in [3.63, 3.8) is 0 Å². The Kier molecular flexibility index (Phi) is 3.73. The highest BCUT2D eigenvalue weighted by atomic mass is 16.7. The van der Waals surface area contributed by atoms with Gasteiger partial charge >= 0.3 is 0 Å². The van der Waals surface area contributed by atoms with Gasteiger partial charge in [0.25, 0.3) is 0 Å². The molecule has 1 aliphatic heterocycles. The smallest absolute Gasteiger partial charge is 0.231 e. The number of fused-ring (bicyclic) bond motifs is 1. The first-order valence-electron chi connectivity index (χ1n) is 6.59. The van der Waals surface area contributed by atoms with Crippen LogP contribution in [0.15, 0.2) is 30.6 Å². The monoisotopic (exact) mass is 275 g/mol. The van der Waals surface area contributed by atoms with Crippen molar-refractivity contribution in [2.45, 2.75) is 13.0 Å². The zero-order valence-electron chi connectivity index (χ0n) is 11.1. The number of hydrogen-bond acceptors (Lipinski definition) is 5. The topological polar surface area (TPSA) is 71.5 Å². The lowest BCUT2D eigenvalue weighted by atomic mass is 10.1. The molecule has 106 valence electrons. The van der Waals surface area contributed by atoms with Crippen molar-refractivity contribution in [3.8, 4) is 17.2 Å². The van der Waals surface area contributed by atoms with E-state index in [0.717, 1.165) is 29.2 Å². The standard InChI is InChI=1S/C14H17N3O3/c15-3-2-11-8-13-14(20-10-19-13)9-12(11)18-7-6-17-5-1-4-16-17/h1,4-5,8-9H,2-3,6-7,10,15H2. The van der Waals surface area contributed by atoms with Gasteiger partial charge in [-0.15, -0.1) is 0 Å². The lowest BCUT2D eigenvalue weighted by molar-refractivity contribution is 0.173. The van der Waals surface area contributed by atoms with Gasteiger partial charge in [-0.05, 0) is 30.7 Å². The van der Waals surface area contributed by atoms with Crippen LogP contribution in [0.3, 0.4) is 0 Å². The van der Waals surface area contributed by atoms with Crippen LogP contribution >= 0.6 is 0 Å². The SMILES string of the molecule is NCCc1cc2c(cc1OCCn1cccn1)OCO2. The quantitative estimate of drug-likeness (QED) is 0.857. The Morgan fingerprint density at radius 2 is 2.15 bits per heavy atom. The van der Waals surface area contributed by atoms with Crippen molar-refractivity contribution in [2.24, 2.45) is 5.73 Å². The van der Waals surface area contributed by atoms with Crippen LogP contribution < -0.4 is 19.9 Å². The van der Waals surface area contributed by atoms with Crippen molar-refractivity contribution < 1.29 is 14.2 Å². The van der Waals surface area contributed by atoms with Gasteiger partial charge in [-0.25, -0.2) is 0 Å². The number of benzene rings is 1. The lowest BCUT2D eigenvalue weighted by Gasteiger charge is -2.12. The molecular weight excluding hydrogens is 258 g/mol. The van der Waals surface area contributed by atoms with Crippen LogP contribution in [0.25, 0.3) is 0 Å². The van der Waals surface area contributed by atoms with Gasteiger partial charge in [0.05, 0.1) is 6.54 Å². The molecule has 1 aromatic carbocycles. The summed E-state index contributed by atoms with van der Waals surface area (Å²) in [7, 11) is 0. The Labute approximate surface area is 117 Å². The van der Waals surface area contributed by atoms with Crippen LogP contribution in [-0.4, -0.2) is 29.7 Å². The summed E-state index contributed by atoms with van der Waals surface area (Å²) in [6, 6.07) is 5.70. The molecule has 0 fully saturated rings. The number of rotatable bonds is 6. The van der Waals surface area contributed by atoms with E-state index in [1.54, 1.807) is 6.20 Å². The Hall–Kier alpha value is -2.21. The highest BCUT2D eigenvalue weighted by Gasteiger charge is 2.17. The molecule has 1 aliphatic rings. The molecule has 2 N–H and O–H groups in total. The fraction of sp³-hybridized carbons (Fsp3) is 0.357.